The quantitative estimate of drug-likeness (QED) is 0.696. The first-order chi connectivity index (χ1) is 11.2. The molecule has 0 saturated heterocycles. The minimum atomic E-state index is -0.469. The number of rotatable bonds is 4. The van der Waals surface area contributed by atoms with Crippen LogP contribution in [0.25, 0.3) is 10.9 Å². The fourth-order valence-corrected chi connectivity index (χ4v) is 2.15. The molecule has 3 aromatic rings. The molecule has 2 N–H and O–H groups in total. The van der Waals surface area contributed by atoms with Crippen molar-refractivity contribution in [2.24, 2.45) is 0 Å². The van der Waals surface area contributed by atoms with Crippen LogP contribution in [-0.4, -0.2) is 25.4 Å². The van der Waals surface area contributed by atoms with E-state index in [1.807, 2.05) is 6.92 Å². The molecule has 0 bridgehead atoms. The molecule has 0 unspecified atom stereocenters. The zero-order valence-electron chi connectivity index (χ0n) is 12.4. The lowest BCUT2D eigenvalue weighted by Crippen LogP contribution is -2.34. The van der Waals surface area contributed by atoms with Gasteiger partial charge in [0.1, 0.15) is 5.69 Å². The van der Waals surface area contributed by atoms with E-state index in [1.165, 1.54) is 23.2 Å². The summed E-state index contributed by atoms with van der Waals surface area (Å²) >= 11 is 0. The summed E-state index contributed by atoms with van der Waals surface area (Å²) in [7, 11) is 0. The van der Waals surface area contributed by atoms with E-state index in [-0.39, 0.29) is 17.2 Å². The average Bonchev–Trinajstić information content (AvgIpc) is 2.60. The summed E-state index contributed by atoms with van der Waals surface area (Å²) < 4.78 is 1.44. The lowest BCUT2D eigenvalue weighted by Gasteiger charge is -2.13. The Kier molecular flexibility index (Phi) is 3.96. The number of aromatic nitrogens is 4. The molecular weight excluding hydrogens is 296 g/mol. The molecule has 0 radical (unpaired) electrons. The third-order valence-electron chi connectivity index (χ3n) is 3.26. The molecular formula is C15H14N6O2. The Balaban J connectivity index is 1.91. The summed E-state index contributed by atoms with van der Waals surface area (Å²) in [4.78, 5) is 36.5. The van der Waals surface area contributed by atoms with Gasteiger partial charge >= 0.3 is 0 Å². The van der Waals surface area contributed by atoms with Crippen LogP contribution in [0.2, 0.25) is 0 Å². The number of anilines is 1. The van der Waals surface area contributed by atoms with Crippen LogP contribution in [0, 0.1) is 0 Å². The van der Waals surface area contributed by atoms with Gasteiger partial charge in [-0.2, -0.15) is 0 Å². The van der Waals surface area contributed by atoms with Crippen LogP contribution >= 0.6 is 0 Å². The molecule has 23 heavy (non-hydrogen) atoms. The van der Waals surface area contributed by atoms with Gasteiger partial charge in [0.05, 0.1) is 17.1 Å². The number of amides is 1. The predicted molar refractivity (Wildman–Crippen MR) is 84.8 cm³/mol. The smallest absolute Gasteiger partial charge is 0.277 e. The Bertz CT molecular complexity index is 907. The van der Waals surface area contributed by atoms with Gasteiger partial charge in [-0.05, 0) is 19.1 Å². The number of nitrogens with zero attached hydrogens (tertiary/aromatic N) is 4. The van der Waals surface area contributed by atoms with Crippen LogP contribution in [0.5, 0.6) is 0 Å². The van der Waals surface area contributed by atoms with Crippen molar-refractivity contribution in [1.29, 1.82) is 0 Å². The van der Waals surface area contributed by atoms with Crippen LogP contribution in [0.3, 0.4) is 0 Å². The van der Waals surface area contributed by atoms with Crippen molar-refractivity contribution >= 4 is 22.8 Å². The highest BCUT2D eigenvalue weighted by Gasteiger charge is 2.11. The number of hydrogen-bond donors (Lipinski definition) is 2. The molecule has 1 aromatic carbocycles. The normalized spacial score (nSPS) is 10.5. The monoisotopic (exact) mass is 310 g/mol. The van der Waals surface area contributed by atoms with E-state index in [0.717, 1.165) is 0 Å². The number of nitrogens with one attached hydrogen (secondary N) is 2. The van der Waals surface area contributed by atoms with Crippen LogP contribution in [0.4, 0.5) is 5.95 Å². The molecule has 0 atom stereocenters. The molecule has 8 nitrogen and oxygen atoms in total. The SMILES string of the molecule is CCn1c(NNC(=O)c2cnccn2)nc2ccccc2c1=O. The first-order valence-electron chi connectivity index (χ1n) is 7.02. The minimum absolute atomic E-state index is 0.159. The standard InChI is InChI=1S/C15H14N6O2/c1-2-21-14(23)10-5-3-4-6-11(10)18-15(21)20-19-13(22)12-9-16-7-8-17-12/h3-9H,2H2,1H3,(H,18,20)(H,19,22). The molecule has 0 aliphatic rings. The van der Waals surface area contributed by atoms with Gasteiger partial charge in [-0.1, -0.05) is 12.1 Å². The van der Waals surface area contributed by atoms with Gasteiger partial charge in [0, 0.05) is 18.9 Å². The van der Waals surface area contributed by atoms with Crippen molar-refractivity contribution < 1.29 is 4.79 Å². The van der Waals surface area contributed by atoms with E-state index in [4.69, 9.17) is 0 Å². The van der Waals surface area contributed by atoms with E-state index in [1.54, 1.807) is 24.3 Å². The van der Waals surface area contributed by atoms with Crippen LogP contribution < -0.4 is 16.4 Å². The van der Waals surface area contributed by atoms with Crippen molar-refractivity contribution in [3.8, 4) is 0 Å². The van der Waals surface area contributed by atoms with Crippen molar-refractivity contribution in [3.05, 3.63) is 58.9 Å². The third kappa shape index (κ3) is 2.86. The van der Waals surface area contributed by atoms with Crippen molar-refractivity contribution in [2.45, 2.75) is 13.5 Å². The zero-order chi connectivity index (χ0) is 16.2. The van der Waals surface area contributed by atoms with E-state index < -0.39 is 5.91 Å². The first-order valence-corrected chi connectivity index (χ1v) is 7.02. The Morgan fingerprint density at radius 2 is 2.09 bits per heavy atom. The Morgan fingerprint density at radius 3 is 2.83 bits per heavy atom. The molecule has 3 rings (SSSR count). The number of carbonyl (C=O) groups excluding carboxylic acids is 1. The predicted octanol–water partition coefficient (Wildman–Crippen LogP) is 0.963. The maximum Gasteiger partial charge on any atom is 0.289 e. The van der Waals surface area contributed by atoms with E-state index in [9.17, 15) is 9.59 Å². The molecule has 0 saturated carbocycles. The Labute approximate surface area is 131 Å². The molecule has 2 aromatic heterocycles. The molecule has 0 aliphatic heterocycles. The number of fused-ring (bicyclic) bond motifs is 1. The highest BCUT2D eigenvalue weighted by atomic mass is 16.2. The maximum atomic E-state index is 12.4. The van der Waals surface area contributed by atoms with Gasteiger partial charge in [-0.3, -0.25) is 30.0 Å². The fourth-order valence-electron chi connectivity index (χ4n) is 2.15. The summed E-state index contributed by atoms with van der Waals surface area (Å²) in [6, 6.07) is 7.05. The number of benzene rings is 1. The van der Waals surface area contributed by atoms with Crippen LogP contribution in [-0.2, 0) is 6.54 Å². The number of para-hydroxylation sites is 1. The van der Waals surface area contributed by atoms with Crippen LogP contribution in [0.15, 0.2) is 47.7 Å². The molecule has 8 heteroatoms. The van der Waals surface area contributed by atoms with Gasteiger partial charge in [-0.25, -0.2) is 9.97 Å². The lowest BCUT2D eigenvalue weighted by atomic mass is 10.2. The second-order valence-corrected chi connectivity index (χ2v) is 4.67. The number of carbonyl (C=O) groups is 1. The summed E-state index contributed by atoms with van der Waals surface area (Å²) in [6.07, 6.45) is 4.24. The van der Waals surface area contributed by atoms with Crippen LogP contribution in [0.1, 0.15) is 17.4 Å². The topological polar surface area (TPSA) is 102 Å². The zero-order valence-corrected chi connectivity index (χ0v) is 12.4. The maximum absolute atomic E-state index is 12.4. The highest BCUT2D eigenvalue weighted by Crippen LogP contribution is 2.10. The van der Waals surface area contributed by atoms with Gasteiger partial charge in [-0.15, -0.1) is 0 Å². The summed E-state index contributed by atoms with van der Waals surface area (Å²) in [5, 5.41) is 0.528. The van der Waals surface area contributed by atoms with Crippen molar-refractivity contribution in [1.82, 2.24) is 24.9 Å². The minimum Gasteiger partial charge on any atom is -0.277 e. The van der Waals surface area contributed by atoms with Gasteiger partial charge in [0.2, 0.25) is 5.95 Å². The van der Waals surface area contributed by atoms with Gasteiger partial charge < -0.3 is 0 Å². The van der Waals surface area contributed by atoms with E-state index in [0.29, 0.717) is 17.4 Å². The highest BCUT2D eigenvalue weighted by molar-refractivity contribution is 5.92. The first kappa shape index (κ1) is 14.6. The fraction of sp³-hybridized carbons (Fsp3) is 0.133. The Morgan fingerprint density at radius 1 is 1.26 bits per heavy atom. The molecule has 0 aliphatic carbocycles. The lowest BCUT2D eigenvalue weighted by molar-refractivity contribution is 0.0956. The second-order valence-electron chi connectivity index (χ2n) is 4.67. The summed E-state index contributed by atoms with van der Waals surface area (Å²) in [5.41, 5.74) is 5.69. The molecule has 1 amide bonds. The number of hydrogen-bond acceptors (Lipinski definition) is 6. The van der Waals surface area contributed by atoms with Gasteiger partial charge in [0.25, 0.3) is 11.5 Å². The third-order valence-corrected chi connectivity index (χ3v) is 3.26. The Hall–Kier alpha value is -3.29. The average molecular weight is 310 g/mol. The molecule has 116 valence electrons. The molecule has 0 fully saturated rings. The summed E-state index contributed by atoms with van der Waals surface area (Å²) in [5.74, 6) is -0.211. The summed E-state index contributed by atoms with van der Waals surface area (Å²) in [6.45, 7) is 2.24. The van der Waals surface area contributed by atoms with E-state index >= 15 is 0 Å². The van der Waals surface area contributed by atoms with Gasteiger partial charge in [0.15, 0.2) is 0 Å². The largest absolute Gasteiger partial charge is 0.289 e. The molecule has 2 heterocycles. The molecule has 0 spiro atoms. The number of hydrazine groups is 1. The van der Waals surface area contributed by atoms with Crippen molar-refractivity contribution in [2.75, 3.05) is 5.43 Å². The second kappa shape index (κ2) is 6.22. The van der Waals surface area contributed by atoms with Crippen molar-refractivity contribution in [3.63, 3.8) is 0 Å². The van der Waals surface area contributed by atoms with E-state index in [2.05, 4.69) is 25.8 Å².